The van der Waals surface area contributed by atoms with Crippen molar-refractivity contribution in [2.24, 2.45) is 0 Å². The Bertz CT molecular complexity index is 276. The van der Waals surface area contributed by atoms with Crippen molar-refractivity contribution in [2.45, 2.75) is 6.92 Å². The van der Waals surface area contributed by atoms with Crippen molar-refractivity contribution in [2.75, 3.05) is 24.2 Å². The van der Waals surface area contributed by atoms with Gasteiger partial charge in [-0.15, -0.1) is 0 Å². The van der Waals surface area contributed by atoms with Gasteiger partial charge in [-0.3, -0.25) is 0 Å². The monoisotopic (exact) mass is 186 g/mol. The second-order valence-corrected chi connectivity index (χ2v) is 2.82. The van der Waals surface area contributed by atoms with E-state index in [4.69, 9.17) is 17.3 Å². The van der Waals surface area contributed by atoms with Gasteiger partial charge >= 0.3 is 0 Å². The number of anilines is 2. The van der Waals surface area contributed by atoms with Crippen molar-refractivity contribution >= 4 is 23.4 Å². The van der Waals surface area contributed by atoms with Crippen LogP contribution in [0.5, 0.6) is 0 Å². The maximum absolute atomic E-state index is 5.85. The lowest BCUT2D eigenvalue weighted by molar-refractivity contribution is 0.932. The fourth-order valence-corrected chi connectivity index (χ4v) is 1.02. The molecule has 0 aliphatic rings. The minimum Gasteiger partial charge on any atom is -0.368 e. The third-order valence-electron chi connectivity index (χ3n) is 1.58. The van der Waals surface area contributed by atoms with Gasteiger partial charge in [0.1, 0.15) is 5.02 Å². The Balaban J connectivity index is 3.04. The van der Waals surface area contributed by atoms with E-state index in [1.807, 2.05) is 18.9 Å². The molecule has 12 heavy (non-hydrogen) atoms. The molecule has 1 aromatic rings. The van der Waals surface area contributed by atoms with Crippen molar-refractivity contribution < 1.29 is 0 Å². The molecule has 0 unspecified atom stereocenters. The molecule has 1 aromatic heterocycles. The highest BCUT2D eigenvalue weighted by atomic mass is 35.5. The molecule has 0 saturated heterocycles. The van der Waals surface area contributed by atoms with Crippen LogP contribution in [0.4, 0.5) is 11.8 Å². The molecule has 0 atom stereocenters. The second-order valence-electron chi connectivity index (χ2n) is 2.41. The average Bonchev–Trinajstić information content (AvgIpc) is 2.08. The van der Waals surface area contributed by atoms with Gasteiger partial charge in [0, 0.05) is 13.6 Å². The molecule has 1 heterocycles. The van der Waals surface area contributed by atoms with Gasteiger partial charge in [0.05, 0.1) is 6.20 Å². The summed E-state index contributed by atoms with van der Waals surface area (Å²) in [5.74, 6) is 0.918. The van der Waals surface area contributed by atoms with Crippen molar-refractivity contribution in [1.29, 1.82) is 0 Å². The lowest BCUT2D eigenvalue weighted by atomic mass is 10.5. The minimum atomic E-state index is 0.245. The summed E-state index contributed by atoms with van der Waals surface area (Å²) in [6, 6.07) is 0. The maximum atomic E-state index is 5.85. The van der Waals surface area contributed by atoms with Crippen LogP contribution in [0.3, 0.4) is 0 Å². The number of hydrogen-bond acceptors (Lipinski definition) is 4. The molecule has 4 nitrogen and oxygen atoms in total. The quantitative estimate of drug-likeness (QED) is 0.754. The van der Waals surface area contributed by atoms with E-state index in [0.717, 1.165) is 6.54 Å². The third-order valence-corrected chi connectivity index (χ3v) is 1.85. The summed E-state index contributed by atoms with van der Waals surface area (Å²) in [7, 11) is 1.90. The Hall–Kier alpha value is -1.03. The lowest BCUT2D eigenvalue weighted by Gasteiger charge is -2.16. The van der Waals surface area contributed by atoms with Crippen LogP contribution >= 0.6 is 11.6 Å². The number of rotatable bonds is 2. The predicted molar refractivity (Wildman–Crippen MR) is 50.4 cm³/mol. The number of nitrogen functional groups attached to an aromatic ring is 1. The second kappa shape index (κ2) is 3.58. The van der Waals surface area contributed by atoms with Crippen LogP contribution in [0.25, 0.3) is 0 Å². The van der Waals surface area contributed by atoms with Crippen LogP contribution in [0, 0.1) is 0 Å². The molecule has 0 fully saturated rings. The largest absolute Gasteiger partial charge is 0.368 e. The fourth-order valence-electron chi connectivity index (χ4n) is 0.789. The van der Waals surface area contributed by atoms with Crippen LogP contribution < -0.4 is 10.6 Å². The summed E-state index contributed by atoms with van der Waals surface area (Å²) in [6.45, 7) is 2.84. The van der Waals surface area contributed by atoms with Gasteiger partial charge in [0.15, 0.2) is 5.82 Å². The van der Waals surface area contributed by atoms with E-state index >= 15 is 0 Å². The van der Waals surface area contributed by atoms with E-state index in [0.29, 0.717) is 10.8 Å². The van der Waals surface area contributed by atoms with Crippen LogP contribution in [0.1, 0.15) is 6.92 Å². The van der Waals surface area contributed by atoms with E-state index < -0.39 is 0 Å². The molecule has 0 aromatic carbocycles. The molecule has 0 aliphatic heterocycles. The van der Waals surface area contributed by atoms with Gasteiger partial charge < -0.3 is 10.6 Å². The van der Waals surface area contributed by atoms with Crippen LogP contribution in [-0.4, -0.2) is 23.6 Å². The fraction of sp³-hybridized carbons (Fsp3) is 0.429. The molecule has 2 N–H and O–H groups in total. The number of nitrogens with two attached hydrogens (primary N) is 1. The zero-order valence-electron chi connectivity index (χ0n) is 7.08. The molecule has 0 saturated carbocycles. The van der Waals surface area contributed by atoms with Gasteiger partial charge in [-0.25, -0.2) is 4.98 Å². The third kappa shape index (κ3) is 1.76. The Labute approximate surface area is 76.4 Å². The first-order valence-corrected chi connectivity index (χ1v) is 4.02. The Morgan fingerprint density at radius 2 is 2.33 bits per heavy atom. The van der Waals surface area contributed by atoms with Gasteiger partial charge in [-0.1, -0.05) is 11.6 Å². The van der Waals surface area contributed by atoms with Gasteiger partial charge in [-0.05, 0) is 6.92 Å². The average molecular weight is 187 g/mol. The highest BCUT2D eigenvalue weighted by Gasteiger charge is 2.06. The van der Waals surface area contributed by atoms with Crippen LogP contribution in [-0.2, 0) is 0 Å². The first-order chi connectivity index (χ1) is 5.65. The standard InChI is InChI=1S/C7H11ClN4/c1-3-12(2)6-5(8)4-10-7(9)11-6/h4H,3H2,1-2H3,(H2,9,10,11). The first kappa shape index (κ1) is 9.06. The van der Waals surface area contributed by atoms with Crippen molar-refractivity contribution in [1.82, 2.24) is 9.97 Å². The summed E-state index contributed by atoms with van der Waals surface area (Å²) in [5.41, 5.74) is 5.41. The van der Waals surface area contributed by atoms with Crippen molar-refractivity contribution in [3.8, 4) is 0 Å². The number of hydrogen-bond donors (Lipinski definition) is 1. The maximum Gasteiger partial charge on any atom is 0.222 e. The highest BCUT2D eigenvalue weighted by Crippen LogP contribution is 2.21. The number of aromatic nitrogens is 2. The molecular formula is C7H11ClN4. The van der Waals surface area contributed by atoms with E-state index in [1.54, 1.807) is 0 Å². The summed E-state index contributed by atoms with van der Waals surface area (Å²) < 4.78 is 0. The highest BCUT2D eigenvalue weighted by molar-refractivity contribution is 6.32. The summed E-state index contributed by atoms with van der Waals surface area (Å²) in [6.07, 6.45) is 1.51. The topological polar surface area (TPSA) is 55.0 Å². The summed E-state index contributed by atoms with van der Waals surface area (Å²) in [4.78, 5) is 9.67. The van der Waals surface area contributed by atoms with E-state index in [-0.39, 0.29) is 5.95 Å². The van der Waals surface area contributed by atoms with Gasteiger partial charge in [0.2, 0.25) is 5.95 Å². The number of halogens is 1. The Morgan fingerprint density at radius 1 is 1.67 bits per heavy atom. The summed E-state index contributed by atoms with van der Waals surface area (Å²) in [5, 5.41) is 0.522. The van der Waals surface area contributed by atoms with Gasteiger partial charge in [0.25, 0.3) is 0 Å². The Kier molecular flexibility index (Phi) is 2.70. The van der Waals surface area contributed by atoms with Crippen molar-refractivity contribution in [3.05, 3.63) is 11.2 Å². The first-order valence-electron chi connectivity index (χ1n) is 3.64. The molecule has 0 amide bonds. The smallest absolute Gasteiger partial charge is 0.222 e. The van der Waals surface area contributed by atoms with E-state index in [9.17, 15) is 0 Å². The minimum absolute atomic E-state index is 0.245. The predicted octanol–water partition coefficient (Wildman–Crippen LogP) is 1.17. The molecule has 0 bridgehead atoms. The molecule has 1 rings (SSSR count). The Morgan fingerprint density at radius 3 is 2.92 bits per heavy atom. The normalized spacial score (nSPS) is 9.92. The molecular weight excluding hydrogens is 176 g/mol. The van der Waals surface area contributed by atoms with E-state index in [1.165, 1.54) is 6.20 Å². The molecule has 0 spiro atoms. The summed E-state index contributed by atoms with van der Waals surface area (Å²) >= 11 is 5.85. The van der Waals surface area contributed by atoms with E-state index in [2.05, 4.69) is 9.97 Å². The van der Waals surface area contributed by atoms with Crippen molar-refractivity contribution in [3.63, 3.8) is 0 Å². The van der Waals surface area contributed by atoms with Gasteiger partial charge in [-0.2, -0.15) is 4.98 Å². The SMILES string of the molecule is CCN(C)c1nc(N)ncc1Cl. The molecule has 0 aliphatic carbocycles. The molecule has 5 heteroatoms. The lowest BCUT2D eigenvalue weighted by Crippen LogP contribution is -2.18. The molecule has 66 valence electrons. The van der Waals surface area contributed by atoms with Crippen LogP contribution in [0.2, 0.25) is 5.02 Å². The van der Waals surface area contributed by atoms with Crippen LogP contribution in [0.15, 0.2) is 6.20 Å². The molecule has 0 radical (unpaired) electrons. The number of nitrogens with zero attached hydrogens (tertiary/aromatic N) is 3. The zero-order valence-corrected chi connectivity index (χ0v) is 7.84. The zero-order chi connectivity index (χ0) is 9.14.